The predicted octanol–water partition coefficient (Wildman–Crippen LogP) is 1.55. The summed E-state index contributed by atoms with van der Waals surface area (Å²) < 4.78 is 15.9. The molecule has 2 aliphatic heterocycles. The van der Waals surface area contributed by atoms with Gasteiger partial charge in [-0.15, -0.1) is 0 Å². The van der Waals surface area contributed by atoms with Gasteiger partial charge in [-0.25, -0.2) is 0 Å². The van der Waals surface area contributed by atoms with Crippen LogP contribution in [0.1, 0.15) is 18.4 Å². The first-order valence-electron chi connectivity index (χ1n) is 5.89. The maximum absolute atomic E-state index is 10.7. The lowest BCUT2D eigenvalue weighted by Gasteiger charge is -2.42. The van der Waals surface area contributed by atoms with Crippen LogP contribution in [0.2, 0.25) is 0 Å². The molecule has 1 N–H and O–H groups in total. The smallest absolute Gasteiger partial charge is 0.303 e. The fourth-order valence-corrected chi connectivity index (χ4v) is 2.38. The molecule has 1 aromatic rings. The number of carboxylic acid groups (broad SMARTS) is 1. The average molecular weight is 250 g/mol. The molecule has 0 amide bonds. The van der Waals surface area contributed by atoms with E-state index >= 15 is 0 Å². The monoisotopic (exact) mass is 250 g/mol. The van der Waals surface area contributed by atoms with Crippen LogP contribution in [-0.4, -0.2) is 31.1 Å². The lowest BCUT2D eigenvalue weighted by atomic mass is 9.75. The normalized spacial score (nSPS) is 19.3. The van der Waals surface area contributed by atoms with Crippen molar-refractivity contribution >= 4 is 5.97 Å². The molecule has 96 valence electrons. The summed E-state index contributed by atoms with van der Waals surface area (Å²) in [7, 11) is 0. The number of rotatable bonds is 4. The van der Waals surface area contributed by atoms with Gasteiger partial charge in [0.15, 0.2) is 11.5 Å². The number of ether oxygens (including phenoxy) is 3. The number of fused-ring (bicyclic) bond motifs is 1. The van der Waals surface area contributed by atoms with Crippen molar-refractivity contribution in [1.82, 2.24) is 0 Å². The van der Waals surface area contributed by atoms with E-state index in [9.17, 15) is 4.79 Å². The Morgan fingerprint density at radius 3 is 2.72 bits per heavy atom. The third kappa shape index (κ3) is 1.80. The highest BCUT2D eigenvalue weighted by molar-refractivity contribution is 5.67. The molecule has 1 aromatic carbocycles. The Morgan fingerprint density at radius 2 is 2.06 bits per heavy atom. The van der Waals surface area contributed by atoms with Crippen LogP contribution in [0.15, 0.2) is 18.2 Å². The average Bonchev–Trinajstić information content (AvgIpc) is 2.74. The number of benzene rings is 1. The Labute approximate surface area is 104 Å². The van der Waals surface area contributed by atoms with Crippen molar-refractivity contribution in [3.8, 4) is 11.5 Å². The summed E-state index contributed by atoms with van der Waals surface area (Å²) in [5, 5.41) is 8.81. The van der Waals surface area contributed by atoms with Crippen LogP contribution in [-0.2, 0) is 14.9 Å². The maximum Gasteiger partial charge on any atom is 0.303 e. The van der Waals surface area contributed by atoms with Crippen LogP contribution in [0.3, 0.4) is 0 Å². The minimum atomic E-state index is -0.776. The van der Waals surface area contributed by atoms with Crippen molar-refractivity contribution < 1.29 is 24.1 Å². The molecule has 2 heterocycles. The first-order chi connectivity index (χ1) is 8.70. The molecule has 0 aromatic heterocycles. The van der Waals surface area contributed by atoms with E-state index in [2.05, 4.69) is 0 Å². The van der Waals surface area contributed by atoms with Gasteiger partial charge in [-0.2, -0.15) is 0 Å². The second kappa shape index (κ2) is 4.17. The van der Waals surface area contributed by atoms with E-state index in [1.54, 1.807) is 0 Å². The summed E-state index contributed by atoms with van der Waals surface area (Å²) in [5.41, 5.74) is 0.888. The fourth-order valence-electron chi connectivity index (χ4n) is 2.38. The molecule has 2 aliphatic rings. The lowest BCUT2D eigenvalue weighted by Crippen LogP contribution is -2.47. The molecule has 18 heavy (non-hydrogen) atoms. The largest absolute Gasteiger partial charge is 0.481 e. The van der Waals surface area contributed by atoms with Gasteiger partial charge in [0, 0.05) is 11.8 Å². The van der Waals surface area contributed by atoms with E-state index in [1.165, 1.54) is 0 Å². The van der Waals surface area contributed by atoms with Crippen LogP contribution in [0.4, 0.5) is 0 Å². The van der Waals surface area contributed by atoms with Crippen molar-refractivity contribution in [2.24, 2.45) is 0 Å². The molecule has 1 saturated heterocycles. The molecule has 0 bridgehead atoms. The first-order valence-corrected chi connectivity index (χ1v) is 5.89. The molecule has 1 fully saturated rings. The molecule has 3 rings (SSSR count). The van der Waals surface area contributed by atoms with Gasteiger partial charge in [0.25, 0.3) is 0 Å². The Kier molecular flexibility index (Phi) is 2.63. The summed E-state index contributed by atoms with van der Waals surface area (Å²) >= 11 is 0. The van der Waals surface area contributed by atoms with Crippen LogP contribution < -0.4 is 9.47 Å². The molecule has 5 nitrogen and oxygen atoms in total. The highest BCUT2D eigenvalue weighted by Crippen LogP contribution is 2.41. The van der Waals surface area contributed by atoms with Crippen LogP contribution in [0.25, 0.3) is 0 Å². The van der Waals surface area contributed by atoms with Gasteiger partial charge >= 0.3 is 5.97 Å². The quantitative estimate of drug-likeness (QED) is 0.878. The molecule has 0 radical (unpaired) electrons. The standard InChI is InChI=1S/C13H14O5/c14-12(15)3-4-13(6-16-7-13)9-1-2-10-11(5-9)18-8-17-10/h1-2,5H,3-4,6-8H2,(H,14,15). The second-order valence-electron chi connectivity index (χ2n) is 4.73. The van der Waals surface area contributed by atoms with Crippen molar-refractivity contribution in [2.45, 2.75) is 18.3 Å². The van der Waals surface area contributed by atoms with Gasteiger partial charge in [0.1, 0.15) is 0 Å². The van der Waals surface area contributed by atoms with E-state index in [0.29, 0.717) is 19.6 Å². The number of aliphatic carboxylic acids is 1. The Bertz CT molecular complexity index is 478. The Hall–Kier alpha value is -1.75. The topological polar surface area (TPSA) is 65.0 Å². The zero-order chi connectivity index (χ0) is 12.6. The lowest BCUT2D eigenvalue weighted by molar-refractivity contribution is -0.139. The van der Waals surface area contributed by atoms with Crippen LogP contribution >= 0.6 is 0 Å². The zero-order valence-electron chi connectivity index (χ0n) is 9.85. The van der Waals surface area contributed by atoms with Crippen molar-refractivity contribution in [1.29, 1.82) is 0 Å². The molecular weight excluding hydrogens is 236 g/mol. The van der Waals surface area contributed by atoms with Crippen molar-refractivity contribution in [3.63, 3.8) is 0 Å². The van der Waals surface area contributed by atoms with Crippen molar-refractivity contribution in [3.05, 3.63) is 23.8 Å². The highest BCUT2D eigenvalue weighted by atomic mass is 16.7. The maximum atomic E-state index is 10.7. The minimum absolute atomic E-state index is 0.151. The zero-order valence-corrected chi connectivity index (χ0v) is 9.85. The molecule has 0 saturated carbocycles. The SMILES string of the molecule is O=C(O)CCC1(c2ccc3c(c2)OCO3)COC1. The van der Waals surface area contributed by atoms with E-state index in [1.807, 2.05) is 18.2 Å². The summed E-state index contributed by atoms with van der Waals surface area (Å²) in [6, 6.07) is 5.78. The summed E-state index contributed by atoms with van der Waals surface area (Å²) in [6.45, 7) is 1.39. The van der Waals surface area contributed by atoms with E-state index < -0.39 is 5.97 Å². The van der Waals surface area contributed by atoms with E-state index in [4.69, 9.17) is 19.3 Å². The van der Waals surface area contributed by atoms with E-state index in [0.717, 1.165) is 17.1 Å². The summed E-state index contributed by atoms with van der Waals surface area (Å²) in [4.78, 5) is 10.7. The summed E-state index contributed by atoms with van der Waals surface area (Å²) in [6.07, 6.45) is 0.736. The van der Waals surface area contributed by atoms with Crippen LogP contribution in [0.5, 0.6) is 11.5 Å². The van der Waals surface area contributed by atoms with Gasteiger partial charge in [0.05, 0.1) is 13.2 Å². The predicted molar refractivity (Wildman–Crippen MR) is 61.9 cm³/mol. The number of hydrogen-bond acceptors (Lipinski definition) is 4. The molecule has 5 heteroatoms. The van der Waals surface area contributed by atoms with Crippen LogP contribution in [0, 0.1) is 0 Å². The summed E-state index contributed by atoms with van der Waals surface area (Å²) in [5.74, 6) is 0.698. The second-order valence-corrected chi connectivity index (χ2v) is 4.73. The Morgan fingerprint density at radius 1 is 1.28 bits per heavy atom. The number of carboxylic acids is 1. The van der Waals surface area contributed by atoms with Gasteiger partial charge < -0.3 is 19.3 Å². The first kappa shape index (κ1) is 11.3. The number of hydrogen-bond donors (Lipinski definition) is 1. The third-order valence-corrected chi connectivity index (χ3v) is 3.56. The molecule has 0 unspecified atom stereocenters. The van der Waals surface area contributed by atoms with Gasteiger partial charge in [-0.1, -0.05) is 6.07 Å². The molecule has 0 atom stereocenters. The molecule has 0 spiro atoms. The fraction of sp³-hybridized carbons (Fsp3) is 0.462. The van der Waals surface area contributed by atoms with Crippen molar-refractivity contribution in [2.75, 3.05) is 20.0 Å². The van der Waals surface area contributed by atoms with Gasteiger partial charge in [-0.3, -0.25) is 4.79 Å². The third-order valence-electron chi connectivity index (χ3n) is 3.56. The minimum Gasteiger partial charge on any atom is -0.481 e. The highest BCUT2D eigenvalue weighted by Gasteiger charge is 2.41. The van der Waals surface area contributed by atoms with E-state index in [-0.39, 0.29) is 18.6 Å². The molecule has 0 aliphatic carbocycles. The van der Waals surface area contributed by atoms with Gasteiger partial charge in [-0.05, 0) is 24.1 Å². The van der Waals surface area contributed by atoms with Gasteiger partial charge in [0.2, 0.25) is 6.79 Å². The number of carbonyl (C=O) groups is 1. The molecular formula is C13H14O5. The Balaban J connectivity index is 1.85.